The van der Waals surface area contributed by atoms with Crippen molar-refractivity contribution in [1.29, 1.82) is 0 Å². The molecule has 3 unspecified atom stereocenters. The SMILES string of the molecule is CC1(C)CCCCC1C(=O)N1C2CCC1CC(Cl)C2. The molecule has 0 aromatic heterocycles. The minimum Gasteiger partial charge on any atom is -0.336 e. The van der Waals surface area contributed by atoms with Crippen molar-refractivity contribution in [2.75, 3.05) is 0 Å². The smallest absolute Gasteiger partial charge is 0.226 e. The van der Waals surface area contributed by atoms with Gasteiger partial charge in [-0.3, -0.25) is 4.79 Å². The molecular weight excluding hydrogens is 258 g/mol. The second-order valence-electron chi connectivity index (χ2n) is 7.49. The van der Waals surface area contributed by atoms with E-state index in [-0.39, 0.29) is 11.3 Å². The van der Waals surface area contributed by atoms with Crippen LogP contribution in [-0.2, 0) is 4.79 Å². The summed E-state index contributed by atoms with van der Waals surface area (Å²) >= 11 is 6.32. The normalized spacial score (nSPS) is 41.3. The molecule has 2 nitrogen and oxygen atoms in total. The molecule has 0 N–H and O–H groups in total. The number of amides is 1. The predicted molar refractivity (Wildman–Crippen MR) is 78.3 cm³/mol. The van der Waals surface area contributed by atoms with Crippen LogP contribution in [-0.4, -0.2) is 28.3 Å². The van der Waals surface area contributed by atoms with Crippen LogP contribution in [0.3, 0.4) is 0 Å². The summed E-state index contributed by atoms with van der Waals surface area (Å²) in [5.41, 5.74) is 0.187. The van der Waals surface area contributed by atoms with Crippen molar-refractivity contribution in [2.45, 2.75) is 82.7 Å². The standard InChI is InChI=1S/C16H26ClNO/c1-16(2)8-4-3-5-14(16)15(19)18-12-6-7-13(18)10-11(17)9-12/h11-14H,3-10H2,1-2H3. The summed E-state index contributed by atoms with van der Waals surface area (Å²) in [4.78, 5) is 15.3. The van der Waals surface area contributed by atoms with E-state index in [0.717, 1.165) is 19.3 Å². The van der Waals surface area contributed by atoms with Crippen molar-refractivity contribution in [1.82, 2.24) is 4.90 Å². The molecule has 19 heavy (non-hydrogen) atoms. The maximum atomic E-state index is 13.0. The monoisotopic (exact) mass is 283 g/mol. The number of hydrogen-bond donors (Lipinski definition) is 0. The Balaban J connectivity index is 1.77. The minimum absolute atomic E-state index is 0.187. The molecule has 3 fully saturated rings. The Kier molecular flexibility index (Phi) is 3.57. The van der Waals surface area contributed by atoms with Crippen LogP contribution in [0.2, 0.25) is 0 Å². The highest BCUT2D eigenvalue weighted by atomic mass is 35.5. The summed E-state index contributed by atoms with van der Waals surface area (Å²) < 4.78 is 0. The van der Waals surface area contributed by atoms with Gasteiger partial charge in [0.2, 0.25) is 5.91 Å². The summed E-state index contributed by atoms with van der Waals surface area (Å²) in [6.45, 7) is 4.57. The Morgan fingerprint density at radius 3 is 2.32 bits per heavy atom. The summed E-state index contributed by atoms with van der Waals surface area (Å²) in [7, 11) is 0. The molecule has 3 rings (SSSR count). The second kappa shape index (κ2) is 4.95. The van der Waals surface area contributed by atoms with E-state index in [4.69, 9.17) is 11.6 Å². The van der Waals surface area contributed by atoms with Gasteiger partial charge in [0, 0.05) is 23.4 Å². The van der Waals surface area contributed by atoms with Crippen molar-refractivity contribution >= 4 is 17.5 Å². The molecule has 2 saturated heterocycles. The molecule has 108 valence electrons. The van der Waals surface area contributed by atoms with Gasteiger partial charge < -0.3 is 4.90 Å². The van der Waals surface area contributed by atoms with Gasteiger partial charge in [0.25, 0.3) is 0 Å². The predicted octanol–water partition coefficient (Wildman–Crippen LogP) is 3.96. The number of carbonyl (C=O) groups excluding carboxylic acids is 1. The van der Waals surface area contributed by atoms with E-state index in [2.05, 4.69) is 18.7 Å². The molecule has 0 radical (unpaired) electrons. The zero-order valence-electron chi connectivity index (χ0n) is 12.2. The third-order valence-electron chi connectivity index (χ3n) is 5.74. The number of hydrogen-bond acceptors (Lipinski definition) is 1. The first-order valence-corrected chi connectivity index (χ1v) is 8.39. The van der Waals surface area contributed by atoms with Crippen LogP contribution in [0, 0.1) is 11.3 Å². The fourth-order valence-electron chi connectivity index (χ4n) is 4.60. The number of alkyl halides is 1. The molecule has 1 saturated carbocycles. The first kappa shape index (κ1) is 13.7. The van der Waals surface area contributed by atoms with Crippen LogP contribution >= 0.6 is 11.6 Å². The average molecular weight is 284 g/mol. The molecule has 0 spiro atoms. The quantitative estimate of drug-likeness (QED) is 0.667. The van der Waals surface area contributed by atoms with E-state index in [1.807, 2.05) is 0 Å². The number of fused-ring (bicyclic) bond motifs is 2. The van der Waals surface area contributed by atoms with Gasteiger partial charge in [-0.2, -0.15) is 0 Å². The lowest BCUT2D eigenvalue weighted by molar-refractivity contribution is -0.145. The molecule has 0 aromatic rings. The lowest BCUT2D eigenvalue weighted by Gasteiger charge is -2.44. The Morgan fingerprint density at radius 1 is 1.11 bits per heavy atom. The molecule has 2 aliphatic heterocycles. The van der Waals surface area contributed by atoms with Crippen molar-refractivity contribution < 1.29 is 4.79 Å². The maximum absolute atomic E-state index is 13.0. The molecule has 0 aromatic carbocycles. The van der Waals surface area contributed by atoms with Crippen molar-refractivity contribution in [2.24, 2.45) is 11.3 Å². The van der Waals surface area contributed by atoms with Crippen molar-refractivity contribution in [3.05, 3.63) is 0 Å². The second-order valence-corrected chi connectivity index (χ2v) is 8.10. The Labute approximate surface area is 121 Å². The van der Waals surface area contributed by atoms with E-state index < -0.39 is 0 Å². The van der Waals surface area contributed by atoms with E-state index in [9.17, 15) is 4.79 Å². The van der Waals surface area contributed by atoms with Gasteiger partial charge in [0.05, 0.1) is 0 Å². The maximum Gasteiger partial charge on any atom is 0.226 e. The van der Waals surface area contributed by atoms with Crippen LogP contribution in [0.1, 0.15) is 65.2 Å². The number of carbonyl (C=O) groups is 1. The highest BCUT2D eigenvalue weighted by molar-refractivity contribution is 6.20. The van der Waals surface area contributed by atoms with E-state index in [1.54, 1.807) is 0 Å². The third-order valence-corrected chi connectivity index (χ3v) is 6.09. The fourth-order valence-corrected chi connectivity index (χ4v) is 5.01. The van der Waals surface area contributed by atoms with Gasteiger partial charge >= 0.3 is 0 Å². The van der Waals surface area contributed by atoms with Gasteiger partial charge in [0.15, 0.2) is 0 Å². The Morgan fingerprint density at radius 2 is 1.74 bits per heavy atom. The minimum atomic E-state index is 0.187. The van der Waals surface area contributed by atoms with Gasteiger partial charge in [0.1, 0.15) is 0 Å². The lowest BCUT2D eigenvalue weighted by Crippen LogP contribution is -2.52. The van der Waals surface area contributed by atoms with E-state index >= 15 is 0 Å². The van der Waals surface area contributed by atoms with Crippen molar-refractivity contribution in [3.63, 3.8) is 0 Å². The molecule has 2 bridgehead atoms. The first-order valence-electron chi connectivity index (χ1n) is 7.95. The van der Waals surface area contributed by atoms with Crippen LogP contribution in [0.5, 0.6) is 0 Å². The number of piperidine rings is 1. The van der Waals surface area contributed by atoms with Gasteiger partial charge in [-0.25, -0.2) is 0 Å². The number of halogens is 1. The van der Waals surface area contributed by atoms with Gasteiger partial charge in [-0.05, 0) is 43.9 Å². The Bertz CT molecular complexity index is 354. The van der Waals surface area contributed by atoms with Crippen LogP contribution in [0.4, 0.5) is 0 Å². The molecular formula is C16H26ClNO. The van der Waals surface area contributed by atoms with E-state index in [0.29, 0.717) is 23.4 Å². The Hall–Kier alpha value is -0.240. The zero-order valence-corrected chi connectivity index (χ0v) is 13.0. The summed E-state index contributed by atoms with van der Waals surface area (Å²) in [6.07, 6.45) is 9.17. The average Bonchev–Trinajstić information content (AvgIpc) is 2.60. The first-order chi connectivity index (χ1) is 8.99. The molecule has 3 heteroatoms. The number of rotatable bonds is 1. The molecule has 1 amide bonds. The topological polar surface area (TPSA) is 20.3 Å². The zero-order chi connectivity index (χ0) is 13.6. The van der Waals surface area contributed by atoms with Crippen LogP contribution in [0.15, 0.2) is 0 Å². The largest absolute Gasteiger partial charge is 0.336 e. The van der Waals surface area contributed by atoms with Crippen LogP contribution < -0.4 is 0 Å². The fraction of sp³-hybridized carbons (Fsp3) is 0.938. The summed E-state index contributed by atoms with van der Waals surface area (Å²) in [5, 5.41) is 0.293. The lowest BCUT2D eigenvalue weighted by atomic mass is 9.68. The van der Waals surface area contributed by atoms with Crippen LogP contribution in [0.25, 0.3) is 0 Å². The molecule has 1 aliphatic carbocycles. The highest BCUT2D eigenvalue weighted by Gasteiger charge is 2.47. The molecule has 3 atom stereocenters. The van der Waals surface area contributed by atoms with Gasteiger partial charge in [-0.15, -0.1) is 11.6 Å². The van der Waals surface area contributed by atoms with Gasteiger partial charge in [-0.1, -0.05) is 26.7 Å². The molecule has 3 aliphatic rings. The van der Waals surface area contributed by atoms with Crippen molar-refractivity contribution in [3.8, 4) is 0 Å². The summed E-state index contributed by atoms with van der Waals surface area (Å²) in [5.74, 6) is 0.692. The third kappa shape index (κ3) is 2.41. The number of nitrogens with zero attached hydrogens (tertiary/aromatic N) is 1. The summed E-state index contributed by atoms with van der Waals surface area (Å²) in [6, 6.07) is 0.873. The molecule has 2 heterocycles. The van der Waals surface area contributed by atoms with E-state index in [1.165, 1.54) is 32.1 Å². The highest BCUT2D eigenvalue weighted by Crippen LogP contribution is 2.45.